The first-order valence-corrected chi connectivity index (χ1v) is 7.03. The van der Waals surface area contributed by atoms with Crippen molar-refractivity contribution in [3.8, 4) is 0 Å². The lowest BCUT2D eigenvalue weighted by Gasteiger charge is -2.09. The number of halogens is 2. The molecular formula is C15H16F2N2O3. The molecule has 7 heteroatoms. The zero-order valence-electron chi connectivity index (χ0n) is 12.1. The van der Waals surface area contributed by atoms with Gasteiger partial charge in [-0.05, 0) is 19.8 Å². The first-order valence-electron chi connectivity index (χ1n) is 7.03. The molecule has 0 saturated carbocycles. The highest BCUT2D eigenvalue weighted by atomic mass is 19.2. The minimum absolute atomic E-state index is 0.212. The number of carbonyl (C=O) groups excluding carboxylic acids is 1. The van der Waals surface area contributed by atoms with Crippen molar-refractivity contribution in [3.63, 3.8) is 0 Å². The summed E-state index contributed by atoms with van der Waals surface area (Å²) in [7, 11) is 0. The summed E-state index contributed by atoms with van der Waals surface area (Å²) in [6.07, 6.45) is 2.41. The van der Waals surface area contributed by atoms with E-state index in [-0.39, 0.29) is 23.4 Å². The fraction of sp³-hybridized carbons (Fsp3) is 0.400. The van der Waals surface area contributed by atoms with E-state index in [0.29, 0.717) is 26.0 Å². The van der Waals surface area contributed by atoms with E-state index in [2.05, 4.69) is 4.98 Å². The third-order valence-electron chi connectivity index (χ3n) is 3.21. The molecule has 0 bridgehead atoms. The van der Waals surface area contributed by atoms with Crippen LogP contribution in [0.5, 0.6) is 0 Å². The van der Waals surface area contributed by atoms with Gasteiger partial charge in [-0.15, -0.1) is 0 Å². The average Bonchev–Trinajstić information content (AvgIpc) is 2.47. The van der Waals surface area contributed by atoms with E-state index in [1.54, 1.807) is 6.92 Å². The van der Waals surface area contributed by atoms with Gasteiger partial charge in [0.1, 0.15) is 0 Å². The van der Waals surface area contributed by atoms with Gasteiger partial charge in [-0.2, -0.15) is 0 Å². The predicted octanol–water partition coefficient (Wildman–Crippen LogP) is 2.41. The quantitative estimate of drug-likeness (QED) is 0.607. The van der Waals surface area contributed by atoms with Crippen molar-refractivity contribution in [1.29, 1.82) is 0 Å². The Morgan fingerprint density at radius 3 is 2.73 bits per heavy atom. The van der Waals surface area contributed by atoms with Crippen LogP contribution in [0.2, 0.25) is 0 Å². The number of rotatable bonds is 6. The van der Waals surface area contributed by atoms with Crippen molar-refractivity contribution in [1.82, 2.24) is 9.55 Å². The molecule has 1 aromatic carbocycles. The molecule has 0 fully saturated rings. The van der Waals surface area contributed by atoms with Crippen LogP contribution in [-0.2, 0) is 16.1 Å². The summed E-state index contributed by atoms with van der Waals surface area (Å²) in [5, 5.41) is 0. The van der Waals surface area contributed by atoms with Crippen molar-refractivity contribution < 1.29 is 18.3 Å². The standard InChI is InChI=1S/C15H16F2N2O3/c1-2-22-15(21)5-3-4-6-19-13-8-11(17)10(16)7-12(13)18-9-14(19)20/h7-9H,2-6H2,1H3. The second-order valence-corrected chi connectivity index (χ2v) is 4.77. The van der Waals surface area contributed by atoms with Gasteiger partial charge in [0.25, 0.3) is 5.56 Å². The summed E-state index contributed by atoms with van der Waals surface area (Å²) in [4.78, 5) is 26.9. The number of hydrogen-bond donors (Lipinski definition) is 0. The molecule has 5 nitrogen and oxygen atoms in total. The molecule has 0 spiro atoms. The minimum Gasteiger partial charge on any atom is -0.466 e. The van der Waals surface area contributed by atoms with Crippen LogP contribution in [-0.4, -0.2) is 22.1 Å². The van der Waals surface area contributed by atoms with E-state index in [0.717, 1.165) is 18.3 Å². The number of esters is 1. The molecule has 0 aliphatic heterocycles. The third-order valence-corrected chi connectivity index (χ3v) is 3.21. The van der Waals surface area contributed by atoms with Crippen LogP contribution in [0.25, 0.3) is 11.0 Å². The van der Waals surface area contributed by atoms with E-state index in [1.165, 1.54) is 4.57 Å². The van der Waals surface area contributed by atoms with Crippen molar-refractivity contribution in [2.75, 3.05) is 6.61 Å². The molecule has 0 radical (unpaired) electrons. The molecular weight excluding hydrogens is 294 g/mol. The smallest absolute Gasteiger partial charge is 0.305 e. The van der Waals surface area contributed by atoms with E-state index in [1.807, 2.05) is 0 Å². The minimum atomic E-state index is -1.03. The Morgan fingerprint density at radius 1 is 1.27 bits per heavy atom. The summed E-state index contributed by atoms with van der Waals surface area (Å²) in [5.41, 5.74) is 0.0565. The molecule has 2 rings (SSSR count). The molecule has 1 heterocycles. The topological polar surface area (TPSA) is 61.2 Å². The maximum atomic E-state index is 13.4. The second kappa shape index (κ2) is 7.11. The van der Waals surface area contributed by atoms with Crippen LogP contribution in [0.3, 0.4) is 0 Å². The van der Waals surface area contributed by atoms with Gasteiger partial charge in [0.05, 0.1) is 23.8 Å². The van der Waals surface area contributed by atoms with Gasteiger partial charge in [0.2, 0.25) is 0 Å². The molecule has 0 N–H and O–H groups in total. The van der Waals surface area contributed by atoms with Gasteiger partial charge in [-0.1, -0.05) is 0 Å². The molecule has 1 aromatic heterocycles. The first kappa shape index (κ1) is 16.1. The summed E-state index contributed by atoms with van der Waals surface area (Å²) < 4.78 is 32.7. The van der Waals surface area contributed by atoms with Gasteiger partial charge in [-0.25, -0.2) is 13.8 Å². The highest BCUT2D eigenvalue weighted by Crippen LogP contribution is 2.15. The Bertz CT molecular complexity index is 743. The summed E-state index contributed by atoms with van der Waals surface area (Å²) >= 11 is 0. The largest absolute Gasteiger partial charge is 0.466 e. The Hall–Kier alpha value is -2.31. The molecule has 0 amide bonds. The summed E-state index contributed by atoms with van der Waals surface area (Å²) in [5.74, 6) is -2.32. The normalized spacial score (nSPS) is 10.9. The molecule has 0 aliphatic rings. The molecule has 0 atom stereocenters. The molecule has 0 aliphatic carbocycles. The zero-order valence-corrected chi connectivity index (χ0v) is 12.1. The van der Waals surface area contributed by atoms with E-state index < -0.39 is 17.2 Å². The van der Waals surface area contributed by atoms with Crippen LogP contribution in [0, 0.1) is 11.6 Å². The molecule has 118 valence electrons. The van der Waals surface area contributed by atoms with E-state index in [4.69, 9.17) is 4.74 Å². The van der Waals surface area contributed by atoms with Crippen LogP contribution >= 0.6 is 0 Å². The number of aryl methyl sites for hydroxylation is 1. The first-order chi connectivity index (χ1) is 10.5. The Morgan fingerprint density at radius 2 is 2.00 bits per heavy atom. The average molecular weight is 310 g/mol. The fourth-order valence-electron chi connectivity index (χ4n) is 2.16. The highest BCUT2D eigenvalue weighted by Gasteiger charge is 2.10. The van der Waals surface area contributed by atoms with Crippen molar-refractivity contribution in [2.45, 2.75) is 32.7 Å². The molecule has 22 heavy (non-hydrogen) atoms. The highest BCUT2D eigenvalue weighted by molar-refractivity contribution is 5.74. The van der Waals surface area contributed by atoms with Crippen molar-refractivity contribution in [3.05, 3.63) is 40.3 Å². The van der Waals surface area contributed by atoms with Crippen LogP contribution in [0.15, 0.2) is 23.1 Å². The monoisotopic (exact) mass is 310 g/mol. The third kappa shape index (κ3) is 3.66. The van der Waals surface area contributed by atoms with Crippen molar-refractivity contribution >= 4 is 17.0 Å². The maximum Gasteiger partial charge on any atom is 0.305 e. The number of aromatic nitrogens is 2. The maximum absolute atomic E-state index is 13.4. The number of benzene rings is 1. The van der Waals surface area contributed by atoms with Crippen molar-refractivity contribution in [2.24, 2.45) is 0 Å². The summed E-state index contributed by atoms with van der Waals surface area (Å²) in [6, 6.07) is 1.92. The number of carbonyl (C=O) groups is 1. The summed E-state index contributed by atoms with van der Waals surface area (Å²) in [6.45, 7) is 2.36. The number of unbranched alkanes of at least 4 members (excludes halogenated alkanes) is 1. The second-order valence-electron chi connectivity index (χ2n) is 4.77. The lowest BCUT2D eigenvalue weighted by molar-refractivity contribution is -0.143. The van der Waals surface area contributed by atoms with E-state index >= 15 is 0 Å². The van der Waals surface area contributed by atoms with Gasteiger partial charge in [0, 0.05) is 25.1 Å². The molecule has 0 saturated heterocycles. The Balaban J connectivity index is 2.13. The molecule has 2 aromatic rings. The Kier molecular flexibility index (Phi) is 5.19. The zero-order chi connectivity index (χ0) is 16.1. The lowest BCUT2D eigenvalue weighted by Crippen LogP contribution is -2.21. The van der Waals surface area contributed by atoms with Gasteiger partial charge in [0.15, 0.2) is 11.6 Å². The van der Waals surface area contributed by atoms with Crippen LogP contribution < -0.4 is 5.56 Å². The molecule has 0 unspecified atom stereocenters. The Labute approximate surface area is 125 Å². The lowest BCUT2D eigenvalue weighted by atomic mass is 10.2. The van der Waals surface area contributed by atoms with Crippen LogP contribution in [0.1, 0.15) is 26.2 Å². The van der Waals surface area contributed by atoms with E-state index in [9.17, 15) is 18.4 Å². The van der Waals surface area contributed by atoms with Gasteiger partial charge < -0.3 is 9.30 Å². The SMILES string of the molecule is CCOC(=O)CCCCn1c(=O)cnc2cc(F)c(F)cc21. The number of nitrogens with zero attached hydrogens (tertiary/aromatic N) is 2. The number of fused-ring (bicyclic) bond motifs is 1. The number of ether oxygens (including phenoxy) is 1. The number of hydrogen-bond acceptors (Lipinski definition) is 4. The van der Waals surface area contributed by atoms with Gasteiger partial charge >= 0.3 is 5.97 Å². The fourth-order valence-corrected chi connectivity index (χ4v) is 2.16. The van der Waals surface area contributed by atoms with Gasteiger partial charge in [-0.3, -0.25) is 9.59 Å². The van der Waals surface area contributed by atoms with Crippen LogP contribution in [0.4, 0.5) is 8.78 Å². The predicted molar refractivity (Wildman–Crippen MR) is 76.4 cm³/mol.